The topological polar surface area (TPSA) is 49.8 Å². The lowest BCUT2D eigenvalue weighted by Gasteiger charge is -2.39. The Kier molecular flexibility index (Phi) is 3.90. The second-order valence-corrected chi connectivity index (χ2v) is 7.67. The van der Waals surface area contributed by atoms with Gasteiger partial charge >= 0.3 is 6.09 Å². The highest BCUT2D eigenvalue weighted by Gasteiger charge is 2.57. The zero-order valence-corrected chi connectivity index (χ0v) is 14.2. The van der Waals surface area contributed by atoms with Crippen LogP contribution < -0.4 is 0 Å². The molecule has 0 saturated carbocycles. The van der Waals surface area contributed by atoms with E-state index in [0.717, 1.165) is 12.8 Å². The second kappa shape index (κ2) is 5.01. The van der Waals surface area contributed by atoms with E-state index in [1.165, 1.54) is 28.9 Å². The largest absolute Gasteiger partial charge is 0.438 e. The van der Waals surface area contributed by atoms with E-state index in [-0.39, 0.29) is 5.41 Å². The number of allylic oxidation sites excluding steroid dienone is 2. The maximum atomic E-state index is 11.8. The van der Waals surface area contributed by atoms with Crippen molar-refractivity contribution in [3.63, 3.8) is 0 Å². The third-order valence-electron chi connectivity index (χ3n) is 5.78. The summed E-state index contributed by atoms with van der Waals surface area (Å²) in [5.74, 6) is 0. The van der Waals surface area contributed by atoms with E-state index in [1.54, 1.807) is 14.0 Å². The summed E-state index contributed by atoms with van der Waals surface area (Å²) in [5, 5.41) is 10.6. The van der Waals surface area contributed by atoms with Gasteiger partial charge in [0.25, 0.3) is 0 Å². The molecule has 1 fully saturated rings. The fraction of sp³-hybridized carbons (Fsp3) is 0.824. The summed E-state index contributed by atoms with van der Waals surface area (Å²) in [4.78, 5) is 13.1. The molecule has 1 N–H and O–H groups in total. The van der Waals surface area contributed by atoms with Gasteiger partial charge in [0.1, 0.15) is 0 Å². The number of carbonyl (C=O) groups is 1. The van der Waals surface area contributed by atoms with Crippen molar-refractivity contribution in [2.24, 2.45) is 5.41 Å². The average molecular weight is 295 g/mol. The third-order valence-corrected chi connectivity index (χ3v) is 5.78. The van der Waals surface area contributed by atoms with Gasteiger partial charge < -0.3 is 9.84 Å². The van der Waals surface area contributed by atoms with Crippen molar-refractivity contribution < 1.29 is 14.6 Å². The van der Waals surface area contributed by atoms with Crippen molar-refractivity contribution >= 4 is 6.09 Å². The maximum Gasteiger partial charge on any atom is 0.412 e. The Balaban J connectivity index is 2.18. The highest BCUT2D eigenvalue weighted by Crippen LogP contribution is 2.46. The molecule has 0 aromatic heterocycles. The average Bonchev–Trinajstić information content (AvgIpc) is 2.49. The first-order chi connectivity index (χ1) is 9.51. The summed E-state index contributed by atoms with van der Waals surface area (Å²) in [6.45, 7) is 10.3. The Morgan fingerprint density at radius 3 is 2.38 bits per heavy atom. The summed E-state index contributed by atoms with van der Waals surface area (Å²) >= 11 is 0. The van der Waals surface area contributed by atoms with E-state index in [2.05, 4.69) is 20.8 Å². The molecule has 1 heterocycles. The lowest BCUT2D eigenvalue weighted by molar-refractivity contribution is -0.133. The Labute approximate surface area is 128 Å². The predicted molar refractivity (Wildman–Crippen MR) is 82.8 cm³/mol. The van der Waals surface area contributed by atoms with Crippen LogP contribution in [0.5, 0.6) is 0 Å². The quantitative estimate of drug-likeness (QED) is 0.805. The highest BCUT2D eigenvalue weighted by molar-refractivity contribution is 5.71. The van der Waals surface area contributed by atoms with Crippen LogP contribution >= 0.6 is 0 Å². The van der Waals surface area contributed by atoms with Crippen LogP contribution in [-0.2, 0) is 4.74 Å². The number of likely N-dealkylation sites (N-methyl/N-ethyl adjacent to an activating group) is 1. The SMILES string of the molecule is CC1=C(CC[C@@]2(C)OC(=O)N(C)[C@@]2(C)O)C(C)(C)CCC1. The van der Waals surface area contributed by atoms with Gasteiger partial charge in [-0.3, -0.25) is 4.90 Å². The first-order valence-corrected chi connectivity index (χ1v) is 7.89. The van der Waals surface area contributed by atoms with Crippen LogP contribution in [0.15, 0.2) is 11.1 Å². The molecule has 0 aromatic carbocycles. The van der Waals surface area contributed by atoms with Gasteiger partial charge in [-0.05, 0) is 58.3 Å². The molecule has 0 aromatic rings. The maximum absolute atomic E-state index is 11.8. The van der Waals surface area contributed by atoms with E-state index in [1.807, 2.05) is 6.92 Å². The van der Waals surface area contributed by atoms with E-state index < -0.39 is 17.4 Å². The number of nitrogens with zero attached hydrogens (tertiary/aromatic N) is 1. The molecule has 4 heteroatoms. The number of carbonyl (C=O) groups excluding carboxylic acids is 1. The monoisotopic (exact) mass is 295 g/mol. The smallest absolute Gasteiger partial charge is 0.412 e. The molecule has 1 aliphatic heterocycles. The van der Waals surface area contributed by atoms with Crippen molar-refractivity contribution in [1.82, 2.24) is 4.90 Å². The van der Waals surface area contributed by atoms with Crippen LogP contribution in [0.25, 0.3) is 0 Å². The van der Waals surface area contributed by atoms with Crippen LogP contribution in [0.3, 0.4) is 0 Å². The van der Waals surface area contributed by atoms with Crippen LogP contribution in [0, 0.1) is 5.41 Å². The standard InChI is InChI=1S/C17H29NO3/c1-12-8-7-10-15(2,3)13(12)9-11-16(4)17(5,20)18(6)14(19)21-16/h20H,7-11H2,1-6H3/t16-,17+/m1/s1. The molecule has 120 valence electrons. The fourth-order valence-corrected chi connectivity index (χ4v) is 3.77. The number of ether oxygens (including phenoxy) is 1. The first-order valence-electron chi connectivity index (χ1n) is 7.89. The van der Waals surface area contributed by atoms with Crippen molar-refractivity contribution in [3.8, 4) is 0 Å². The van der Waals surface area contributed by atoms with Gasteiger partial charge in [0, 0.05) is 7.05 Å². The molecule has 1 saturated heterocycles. The summed E-state index contributed by atoms with van der Waals surface area (Å²) in [6, 6.07) is 0. The normalized spacial score (nSPS) is 36.1. The van der Waals surface area contributed by atoms with Gasteiger partial charge in [0.05, 0.1) is 0 Å². The molecule has 21 heavy (non-hydrogen) atoms. The number of rotatable bonds is 3. The molecule has 0 spiro atoms. The summed E-state index contributed by atoms with van der Waals surface area (Å²) in [6.07, 6.45) is 4.67. The van der Waals surface area contributed by atoms with Gasteiger partial charge in [-0.25, -0.2) is 4.79 Å². The first kappa shape index (κ1) is 16.3. The van der Waals surface area contributed by atoms with E-state index >= 15 is 0 Å². The molecule has 0 unspecified atom stereocenters. The number of aliphatic hydroxyl groups is 1. The van der Waals surface area contributed by atoms with Gasteiger partial charge in [0.2, 0.25) is 0 Å². The molecule has 4 nitrogen and oxygen atoms in total. The number of hydrogen-bond donors (Lipinski definition) is 1. The van der Waals surface area contributed by atoms with E-state index in [9.17, 15) is 9.90 Å². The minimum absolute atomic E-state index is 0.207. The van der Waals surface area contributed by atoms with E-state index in [0.29, 0.717) is 6.42 Å². The van der Waals surface area contributed by atoms with Crippen molar-refractivity contribution in [1.29, 1.82) is 0 Å². The Hall–Kier alpha value is -1.03. The molecule has 1 aliphatic carbocycles. The Bertz CT molecular complexity index is 478. The molecule has 2 atom stereocenters. The number of hydrogen-bond acceptors (Lipinski definition) is 3. The zero-order chi connectivity index (χ0) is 16.1. The molecular formula is C17H29NO3. The van der Waals surface area contributed by atoms with Gasteiger partial charge in [-0.15, -0.1) is 0 Å². The summed E-state index contributed by atoms with van der Waals surface area (Å²) < 4.78 is 5.49. The van der Waals surface area contributed by atoms with Crippen molar-refractivity contribution in [2.45, 2.75) is 78.0 Å². The van der Waals surface area contributed by atoms with Gasteiger partial charge in [0.15, 0.2) is 11.3 Å². The van der Waals surface area contributed by atoms with Crippen LogP contribution in [0.1, 0.15) is 66.7 Å². The highest BCUT2D eigenvalue weighted by atomic mass is 16.6. The zero-order valence-electron chi connectivity index (χ0n) is 14.2. The minimum Gasteiger partial charge on any atom is -0.438 e. The Morgan fingerprint density at radius 1 is 1.29 bits per heavy atom. The molecule has 0 radical (unpaired) electrons. The fourth-order valence-electron chi connectivity index (χ4n) is 3.77. The Morgan fingerprint density at radius 2 is 1.90 bits per heavy atom. The van der Waals surface area contributed by atoms with Crippen LogP contribution in [-0.4, -0.2) is 34.5 Å². The third kappa shape index (κ3) is 2.59. The lowest BCUT2D eigenvalue weighted by atomic mass is 9.70. The van der Waals surface area contributed by atoms with Crippen LogP contribution in [0.4, 0.5) is 4.79 Å². The molecule has 2 rings (SSSR count). The molecule has 1 amide bonds. The van der Waals surface area contributed by atoms with Gasteiger partial charge in [-0.1, -0.05) is 25.0 Å². The number of amides is 1. The minimum atomic E-state index is -1.27. The predicted octanol–water partition coefficient (Wildman–Crippen LogP) is 3.84. The van der Waals surface area contributed by atoms with Crippen molar-refractivity contribution in [3.05, 3.63) is 11.1 Å². The molecular weight excluding hydrogens is 266 g/mol. The van der Waals surface area contributed by atoms with E-state index in [4.69, 9.17) is 4.74 Å². The lowest BCUT2D eigenvalue weighted by Crippen LogP contribution is -2.53. The number of cyclic esters (lactones) is 1. The summed E-state index contributed by atoms with van der Waals surface area (Å²) in [5.41, 5.74) is 1.01. The molecule has 0 bridgehead atoms. The van der Waals surface area contributed by atoms with Crippen LogP contribution in [0.2, 0.25) is 0 Å². The second-order valence-electron chi connectivity index (χ2n) is 7.67. The van der Waals surface area contributed by atoms with Gasteiger partial charge in [-0.2, -0.15) is 0 Å². The molecule has 2 aliphatic rings. The summed E-state index contributed by atoms with van der Waals surface area (Å²) in [7, 11) is 1.59. The van der Waals surface area contributed by atoms with Crippen molar-refractivity contribution in [2.75, 3.05) is 7.05 Å².